The van der Waals surface area contributed by atoms with Gasteiger partial charge in [-0.2, -0.15) is 0 Å². The maximum absolute atomic E-state index is 12.8. The molecule has 1 heterocycles. The number of carboxylic acids is 1. The Hall–Kier alpha value is -1.84. The van der Waals surface area contributed by atoms with Crippen LogP contribution in [0.2, 0.25) is 0 Å². The molecule has 0 aromatic heterocycles. The van der Waals surface area contributed by atoms with Crippen molar-refractivity contribution >= 4 is 11.9 Å². The van der Waals surface area contributed by atoms with Crippen LogP contribution >= 0.6 is 0 Å². The Morgan fingerprint density at radius 3 is 2.38 bits per heavy atom. The lowest BCUT2D eigenvalue weighted by Crippen LogP contribution is -2.50. The summed E-state index contributed by atoms with van der Waals surface area (Å²) in [5.74, 6) is -1.03. The van der Waals surface area contributed by atoms with E-state index in [0.29, 0.717) is 19.5 Å². The monoisotopic (exact) mass is 289 g/mol. The van der Waals surface area contributed by atoms with Crippen molar-refractivity contribution in [3.05, 3.63) is 35.9 Å². The smallest absolute Gasteiger partial charge is 0.306 e. The average molecular weight is 289 g/mol. The molecular formula is C17H23NO3. The molecule has 4 heteroatoms. The Labute approximate surface area is 125 Å². The van der Waals surface area contributed by atoms with Crippen molar-refractivity contribution in [1.29, 1.82) is 0 Å². The number of aliphatic carboxylic acids is 1. The van der Waals surface area contributed by atoms with Crippen LogP contribution in [0, 0.1) is 11.8 Å². The van der Waals surface area contributed by atoms with Crippen molar-refractivity contribution < 1.29 is 14.7 Å². The Kier molecular flexibility index (Phi) is 4.35. The molecule has 1 saturated heterocycles. The van der Waals surface area contributed by atoms with Gasteiger partial charge in [-0.05, 0) is 31.7 Å². The van der Waals surface area contributed by atoms with E-state index in [1.54, 1.807) is 0 Å². The number of carboxylic acid groups (broad SMARTS) is 1. The second-order valence-electron chi connectivity index (χ2n) is 6.45. The highest BCUT2D eigenvalue weighted by Gasteiger charge is 2.38. The van der Waals surface area contributed by atoms with Gasteiger partial charge >= 0.3 is 5.97 Å². The summed E-state index contributed by atoms with van der Waals surface area (Å²) in [5.41, 5.74) is 0.403. The Morgan fingerprint density at radius 1 is 1.24 bits per heavy atom. The van der Waals surface area contributed by atoms with E-state index in [-0.39, 0.29) is 17.7 Å². The minimum atomic E-state index is -0.753. The van der Waals surface area contributed by atoms with Gasteiger partial charge in [0.15, 0.2) is 0 Å². The van der Waals surface area contributed by atoms with Crippen molar-refractivity contribution in [2.24, 2.45) is 11.8 Å². The van der Waals surface area contributed by atoms with Crippen LogP contribution in [0.25, 0.3) is 0 Å². The minimum absolute atomic E-state index is 0.00762. The molecule has 1 fully saturated rings. The molecule has 1 amide bonds. The highest BCUT2D eigenvalue weighted by molar-refractivity contribution is 5.87. The molecule has 0 saturated carbocycles. The van der Waals surface area contributed by atoms with Crippen molar-refractivity contribution in [2.75, 3.05) is 13.1 Å². The minimum Gasteiger partial charge on any atom is -0.481 e. The van der Waals surface area contributed by atoms with Crippen molar-refractivity contribution in [3.8, 4) is 0 Å². The Bertz CT molecular complexity index is 524. The maximum Gasteiger partial charge on any atom is 0.306 e. The van der Waals surface area contributed by atoms with Crippen molar-refractivity contribution in [2.45, 2.75) is 32.6 Å². The molecule has 114 valence electrons. The number of nitrogens with zero attached hydrogens (tertiary/aromatic N) is 1. The lowest BCUT2D eigenvalue weighted by molar-refractivity contribution is -0.149. The second kappa shape index (κ2) is 5.88. The molecule has 1 aliphatic heterocycles. The number of benzene rings is 1. The predicted molar refractivity (Wildman–Crippen MR) is 81.0 cm³/mol. The maximum atomic E-state index is 12.8. The molecule has 1 aromatic rings. The summed E-state index contributed by atoms with van der Waals surface area (Å²) in [6.45, 7) is 6.81. The van der Waals surface area contributed by atoms with Gasteiger partial charge in [0.1, 0.15) is 0 Å². The van der Waals surface area contributed by atoms with E-state index >= 15 is 0 Å². The highest BCUT2D eigenvalue weighted by Crippen LogP contribution is 2.30. The standard InChI is InChI=1S/C17H23NO3/c1-12-11-18(10-9-14(12)15(19)20)16(21)17(2,3)13-7-5-4-6-8-13/h4-8,12,14H,9-11H2,1-3H3,(H,19,20). The summed E-state index contributed by atoms with van der Waals surface area (Å²) in [4.78, 5) is 25.8. The van der Waals surface area contributed by atoms with Crippen LogP contribution in [0.1, 0.15) is 32.8 Å². The van der Waals surface area contributed by atoms with E-state index in [1.807, 2.05) is 56.0 Å². The first-order valence-corrected chi connectivity index (χ1v) is 7.41. The van der Waals surface area contributed by atoms with Gasteiger partial charge in [-0.3, -0.25) is 9.59 Å². The summed E-state index contributed by atoms with van der Waals surface area (Å²) >= 11 is 0. The molecular weight excluding hydrogens is 266 g/mol. The van der Waals surface area contributed by atoms with Gasteiger partial charge in [-0.15, -0.1) is 0 Å². The number of carbonyl (C=O) groups excluding carboxylic acids is 1. The molecule has 2 atom stereocenters. The largest absolute Gasteiger partial charge is 0.481 e. The number of rotatable bonds is 3. The van der Waals surface area contributed by atoms with Crippen molar-refractivity contribution in [3.63, 3.8) is 0 Å². The molecule has 1 aliphatic rings. The van der Waals surface area contributed by atoms with E-state index < -0.39 is 11.4 Å². The highest BCUT2D eigenvalue weighted by atomic mass is 16.4. The predicted octanol–water partition coefficient (Wildman–Crippen LogP) is 2.53. The molecule has 0 aliphatic carbocycles. The van der Waals surface area contributed by atoms with Gasteiger partial charge in [0.05, 0.1) is 11.3 Å². The molecule has 1 aromatic carbocycles. The third-order valence-corrected chi connectivity index (χ3v) is 4.54. The van der Waals surface area contributed by atoms with E-state index in [1.165, 1.54) is 0 Å². The summed E-state index contributed by atoms with van der Waals surface area (Å²) < 4.78 is 0. The zero-order chi connectivity index (χ0) is 15.6. The Morgan fingerprint density at radius 2 is 1.86 bits per heavy atom. The van der Waals surface area contributed by atoms with Gasteiger partial charge in [0.2, 0.25) is 5.91 Å². The van der Waals surface area contributed by atoms with Gasteiger partial charge in [-0.25, -0.2) is 0 Å². The SMILES string of the molecule is CC1CN(C(=O)C(C)(C)c2ccccc2)CCC1C(=O)O. The lowest BCUT2D eigenvalue weighted by Gasteiger charge is -2.39. The zero-order valence-corrected chi connectivity index (χ0v) is 12.9. The normalized spacial score (nSPS) is 22.9. The van der Waals surface area contributed by atoms with Crippen LogP contribution in [-0.4, -0.2) is 35.0 Å². The number of hydrogen-bond acceptors (Lipinski definition) is 2. The summed E-state index contributed by atoms with van der Waals surface area (Å²) in [5, 5.41) is 9.17. The van der Waals surface area contributed by atoms with Crippen LogP contribution in [-0.2, 0) is 15.0 Å². The number of piperidine rings is 1. The number of amides is 1. The number of likely N-dealkylation sites (tertiary alicyclic amines) is 1. The second-order valence-corrected chi connectivity index (χ2v) is 6.45. The fourth-order valence-electron chi connectivity index (χ4n) is 3.07. The summed E-state index contributed by atoms with van der Waals surface area (Å²) in [7, 11) is 0. The molecule has 0 radical (unpaired) electrons. The van der Waals surface area contributed by atoms with Crippen LogP contribution in [0.15, 0.2) is 30.3 Å². The van der Waals surface area contributed by atoms with Gasteiger partial charge in [-0.1, -0.05) is 37.3 Å². The molecule has 2 unspecified atom stereocenters. The third kappa shape index (κ3) is 3.09. The summed E-state index contributed by atoms with van der Waals surface area (Å²) in [6, 6.07) is 9.73. The zero-order valence-electron chi connectivity index (χ0n) is 12.9. The third-order valence-electron chi connectivity index (χ3n) is 4.54. The topological polar surface area (TPSA) is 57.6 Å². The first-order chi connectivity index (χ1) is 9.84. The van der Waals surface area contributed by atoms with Gasteiger partial charge in [0.25, 0.3) is 0 Å². The van der Waals surface area contributed by atoms with E-state index in [2.05, 4.69) is 0 Å². The van der Waals surface area contributed by atoms with E-state index in [0.717, 1.165) is 5.56 Å². The lowest BCUT2D eigenvalue weighted by atomic mass is 9.81. The summed E-state index contributed by atoms with van der Waals surface area (Å²) in [6.07, 6.45) is 0.535. The Balaban J connectivity index is 2.13. The first-order valence-electron chi connectivity index (χ1n) is 7.41. The molecule has 2 rings (SSSR count). The molecule has 1 N–H and O–H groups in total. The molecule has 0 bridgehead atoms. The fourth-order valence-corrected chi connectivity index (χ4v) is 3.07. The van der Waals surface area contributed by atoms with Crippen LogP contribution in [0.5, 0.6) is 0 Å². The van der Waals surface area contributed by atoms with Crippen LogP contribution in [0.3, 0.4) is 0 Å². The van der Waals surface area contributed by atoms with Crippen LogP contribution < -0.4 is 0 Å². The number of hydrogen-bond donors (Lipinski definition) is 1. The number of carbonyl (C=O) groups is 2. The average Bonchev–Trinajstić information content (AvgIpc) is 2.46. The molecule has 0 spiro atoms. The first kappa shape index (κ1) is 15.5. The van der Waals surface area contributed by atoms with Gasteiger partial charge in [0, 0.05) is 13.1 Å². The van der Waals surface area contributed by atoms with Crippen LogP contribution in [0.4, 0.5) is 0 Å². The molecule has 4 nitrogen and oxygen atoms in total. The van der Waals surface area contributed by atoms with E-state index in [4.69, 9.17) is 5.11 Å². The van der Waals surface area contributed by atoms with Gasteiger partial charge < -0.3 is 10.0 Å². The van der Waals surface area contributed by atoms with E-state index in [9.17, 15) is 9.59 Å². The molecule has 21 heavy (non-hydrogen) atoms. The quantitative estimate of drug-likeness (QED) is 0.930. The fraction of sp³-hybridized carbons (Fsp3) is 0.529. The van der Waals surface area contributed by atoms with Crippen molar-refractivity contribution in [1.82, 2.24) is 4.90 Å².